The van der Waals surface area contributed by atoms with Gasteiger partial charge in [-0.1, -0.05) is 24.3 Å². The molecule has 0 radical (unpaired) electrons. The fourth-order valence-electron chi connectivity index (χ4n) is 3.41. The van der Waals surface area contributed by atoms with E-state index in [4.69, 9.17) is 20.9 Å². The molecule has 0 spiro atoms. The summed E-state index contributed by atoms with van der Waals surface area (Å²) in [5.41, 5.74) is 15.0. The van der Waals surface area contributed by atoms with E-state index in [0.717, 1.165) is 11.1 Å². The zero-order chi connectivity index (χ0) is 25.1. The van der Waals surface area contributed by atoms with Crippen molar-refractivity contribution in [1.29, 1.82) is 0 Å². The molecule has 0 fully saturated rings. The Balaban J connectivity index is 1.68. The maximum Gasteiger partial charge on any atom is 0.339 e. The van der Waals surface area contributed by atoms with Gasteiger partial charge in [-0.15, -0.1) is 0 Å². The minimum absolute atomic E-state index is 0.146. The van der Waals surface area contributed by atoms with Crippen LogP contribution in [0.3, 0.4) is 0 Å². The van der Waals surface area contributed by atoms with E-state index in [9.17, 15) is 18.7 Å². The molecule has 0 saturated carbocycles. The van der Waals surface area contributed by atoms with E-state index in [1.165, 1.54) is 18.2 Å². The predicted octanol–water partition coefficient (Wildman–Crippen LogP) is 5.66. The van der Waals surface area contributed by atoms with Gasteiger partial charge in [0, 0.05) is 24.4 Å². The van der Waals surface area contributed by atoms with Crippen LogP contribution in [0.25, 0.3) is 11.1 Å². The number of aromatic carboxylic acids is 1. The average Bonchev–Trinajstić information content (AvgIpc) is 2.81. The van der Waals surface area contributed by atoms with E-state index in [1.807, 2.05) is 24.3 Å². The van der Waals surface area contributed by atoms with Gasteiger partial charge >= 0.3 is 5.97 Å². The first-order valence-corrected chi connectivity index (χ1v) is 10.5. The molecule has 35 heavy (non-hydrogen) atoms. The van der Waals surface area contributed by atoms with Crippen molar-refractivity contribution >= 4 is 11.7 Å². The summed E-state index contributed by atoms with van der Waals surface area (Å²) in [6.07, 6.45) is 0. The summed E-state index contributed by atoms with van der Waals surface area (Å²) in [4.78, 5) is 15.3. The average molecular weight is 477 g/mol. The lowest BCUT2D eigenvalue weighted by atomic mass is 10.0. The Kier molecular flexibility index (Phi) is 6.61. The number of ether oxygens (including phenoxy) is 2. The highest BCUT2D eigenvalue weighted by molar-refractivity contribution is 5.91. The highest BCUT2D eigenvalue weighted by Crippen LogP contribution is 2.34. The van der Waals surface area contributed by atoms with Gasteiger partial charge in [-0.2, -0.15) is 4.98 Å². The number of benzene rings is 3. The molecule has 4 aromatic rings. The van der Waals surface area contributed by atoms with Crippen LogP contribution in [-0.2, 0) is 6.54 Å². The van der Waals surface area contributed by atoms with Gasteiger partial charge < -0.3 is 26.0 Å². The van der Waals surface area contributed by atoms with Crippen molar-refractivity contribution < 1.29 is 28.2 Å². The number of aryl methyl sites for hydroxylation is 1. The van der Waals surface area contributed by atoms with Crippen LogP contribution in [0.15, 0.2) is 66.7 Å². The number of carboxylic acids is 1. The monoisotopic (exact) mass is 477 g/mol. The van der Waals surface area contributed by atoms with E-state index in [2.05, 4.69) is 4.98 Å². The third-order valence-corrected chi connectivity index (χ3v) is 5.08. The minimum atomic E-state index is -1.27. The van der Waals surface area contributed by atoms with Crippen LogP contribution in [0, 0.1) is 18.6 Å². The molecular formula is C26H21F2N3O4. The Bertz CT molecular complexity index is 1430. The number of halogens is 2. The molecular weight excluding hydrogens is 456 g/mol. The SMILES string of the molecule is Cc1ccc(C(=O)O)c(Oc2nc(Oc3cc(N)cc(-c4cccc(CN)c4)c3)c(F)cc2F)c1. The number of hydrogen-bond donors (Lipinski definition) is 3. The third-order valence-electron chi connectivity index (χ3n) is 5.08. The van der Waals surface area contributed by atoms with Crippen molar-refractivity contribution in [3.05, 3.63) is 95.1 Å². The topological polar surface area (TPSA) is 121 Å². The summed E-state index contributed by atoms with van der Waals surface area (Å²) >= 11 is 0. The lowest BCUT2D eigenvalue weighted by Crippen LogP contribution is -2.03. The van der Waals surface area contributed by atoms with Crippen molar-refractivity contribution in [2.45, 2.75) is 13.5 Å². The Morgan fingerprint density at radius 2 is 1.69 bits per heavy atom. The van der Waals surface area contributed by atoms with Crippen molar-refractivity contribution in [2.75, 3.05) is 5.73 Å². The third kappa shape index (κ3) is 5.36. The molecule has 9 heteroatoms. The summed E-state index contributed by atoms with van der Waals surface area (Å²) in [6.45, 7) is 2.07. The second-order valence-corrected chi connectivity index (χ2v) is 7.77. The van der Waals surface area contributed by atoms with Crippen molar-refractivity contribution in [2.24, 2.45) is 5.73 Å². The Hall–Kier alpha value is -4.50. The predicted molar refractivity (Wildman–Crippen MR) is 127 cm³/mol. The van der Waals surface area contributed by atoms with Gasteiger partial charge in [0.1, 0.15) is 17.1 Å². The number of rotatable bonds is 7. The summed E-state index contributed by atoms with van der Waals surface area (Å²) in [5, 5.41) is 9.38. The Labute approximate surface area is 199 Å². The van der Waals surface area contributed by atoms with Crippen molar-refractivity contribution in [1.82, 2.24) is 4.98 Å². The van der Waals surface area contributed by atoms with E-state index >= 15 is 0 Å². The summed E-state index contributed by atoms with van der Waals surface area (Å²) < 4.78 is 40.0. The number of anilines is 1. The van der Waals surface area contributed by atoms with Crippen molar-refractivity contribution in [3.8, 4) is 34.4 Å². The number of nitrogen functional groups attached to an aromatic ring is 1. The highest BCUT2D eigenvalue weighted by atomic mass is 19.1. The zero-order valence-electron chi connectivity index (χ0n) is 18.6. The molecule has 1 heterocycles. The first-order valence-electron chi connectivity index (χ1n) is 10.5. The first kappa shape index (κ1) is 23.7. The zero-order valence-corrected chi connectivity index (χ0v) is 18.6. The van der Waals surface area contributed by atoms with Gasteiger partial charge in [-0.25, -0.2) is 13.6 Å². The number of carboxylic acid groups (broad SMARTS) is 1. The molecule has 0 atom stereocenters. The molecule has 0 saturated heterocycles. The van der Waals surface area contributed by atoms with Crippen LogP contribution >= 0.6 is 0 Å². The van der Waals surface area contributed by atoms with Crippen LogP contribution < -0.4 is 20.9 Å². The van der Waals surface area contributed by atoms with E-state index in [1.54, 1.807) is 25.1 Å². The van der Waals surface area contributed by atoms with E-state index in [0.29, 0.717) is 29.4 Å². The first-order chi connectivity index (χ1) is 16.7. The van der Waals surface area contributed by atoms with Gasteiger partial charge in [0.2, 0.25) is 0 Å². The molecule has 7 nitrogen and oxygen atoms in total. The quantitative estimate of drug-likeness (QED) is 0.294. The molecule has 0 aliphatic carbocycles. The van der Waals surface area contributed by atoms with Gasteiger partial charge in [0.15, 0.2) is 11.6 Å². The normalized spacial score (nSPS) is 10.7. The molecule has 0 unspecified atom stereocenters. The number of carbonyl (C=O) groups is 1. The molecule has 0 aliphatic rings. The van der Waals surface area contributed by atoms with Crippen molar-refractivity contribution in [3.63, 3.8) is 0 Å². The maximum absolute atomic E-state index is 14.5. The van der Waals surface area contributed by atoms with Crippen LogP contribution in [0.1, 0.15) is 21.5 Å². The fraction of sp³-hybridized carbons (Fsp3) is 0.0769. The number of pyridine rings is 1. The standard InChI is InChI=1S/C26H21F2N3O4/c1-14-5-6-20(26(32)33)23(7-14)35-25-22(28)12-21(27)24(31-25)34-19-10-17(9-18(30)11-19)16-4-2-3-15(8-16)13-29/h2-12H,13,29-30H2,1H3,(H,32,33). The van der Waals surface area contributed by atoms with Crippen LogP contribution in [0.5, 0.6) is 23.3 Å². The van der Waals surface area contributed by atoms with Gasteiger partial charge in [-0.3, -0.25) is 0 Å². The summed E-state index contributed by atoms with van der Waals surface area (Å²) in [5.74, 6) is -4.68. The molecule has 0 amide bonds. The van der Waals surface area contributed by atoms with Crippen LogP contribution in [0.4, 0.5) is 14.5 Å². The number of hydrogen-bond acceptors (Lipinski definition) is 6. The van der Waals surface area contributed by atoms with Crippen LogP contribution in [0.2, 0.25) is 0 Å². The molecule has 0 aliphatic heterocycles. The largest absolute Gasteiger partial charge is 0.478 e. The van der Waals surface area contributed by atoms with Gasteiger partial charge in [-0.05, 0) is 59.5 Å². The molecule has 4 rings (SSSR count). The number of nitrogens with zero attached hydrogens (tertiary/aromatic N) is 1. The summed E-state index contributed by atoms with van der Waals surface area (Å²) in [6, 6.07) is 17.1. The summed E-state index contributed by atoms with van der Waals surface area (Å²) in [7, 11) is 0. The van der Waals surface area contributed by atoms with E-state index < -0.39 is 29.4 Å². The highest BCUT2D eigenvalue weighted by Gasteiger charge is 2.19. The Morgan fingerprint density at radius 3 is 2.40 bits per heavy atom. The molecule has 1 aromatic heterocycles. The minimum Gasteiger partial charge on any atom is -0.478 e. The van der Waals surface area contributed by atoms with E-state index in [-0.39, 0.29) is 17.1 Å². The number of aromatic nitrogens is 1. The second kappa shape index (κ2) is 9.78. The van der Waals surface area contributed by atoms with Crippen LogP contribution in [-0.4, -0.2) is 16.1 Å². The van der Waals surface area contributed by atoms with Gasteiger partial charge in [0.25, 0.3) is 11.8 Å². The fourth-order valence-corrected chi connectivity index (χ4v) is 3.41. The smallest absolute Gasteiger partial charge is 0.339 e. The number of nitrogens with two attached hydrogens (primary N) is 2. The lowest BCUT2D eigenvalue weighted by Gasteiger charge is -2.13. The lowest BCUT2D eigenvalue weighted by molar-refractivity contribution is 0.0694. The Morgan fingerprint density at radius 1 is 0.943 bits per heavy atom. The molecule has 5 N–H and O–H groups in total. The molecule has 3 aromatic carbocycles. The molecule has 178 valence electrons. The second-order valence-electron chi connectivity index (χ2n) is 7.77. The van der Waals surface area contributed by atoms with Gasteiger partial charge in [0.05, 0.1) is 0 Å². The molecule has 0 bridgehead atoms. The maximum atomic E-state index is 14.5.